The molecule has 124 valence electrons. The van der Waals surface area contributed by atoms with Crippen molar-refractivity contribution in [1.29, 1.82) is 0 Å². The summed E-state index contributed by atoms with van der Waals surface area (Å²) >= 11 is 1.38. The average Bonchev–Trinajstić information content (AvgIpc) is 3.27. The van der Waals surface area contributed by atoms with E-state index in [1.54, 1.807) is 25.5 Å². The number of hydrogen-bond acceptors (Lipinski definition) is 8. The molecule has 1 N–H and O–H groups in total. The van der Waals surface area contributed by atoms with Crippen molar-refractivity contribution in [1.82, 2.24) is 25.0 Å². The molecule has 0 aliphatic heterocycles. The Bertz CT molecular complexity index is 789. The third-order valence-corrected chi connectivity index (χ3v) is 4.16. The summed E-state index contributed by atoms with van der Waals surface area (Å²) in [5.74, 6) is 0.774. The molecule has 0 aliphatic rings. The van der Waals surface area contributed by atoms with E-state index in [4.69, 9.17) is 4.52 Å². The van der Waals surface area contributed by atoms with Gasteiger partial charge in [0.2, 0.25) is 17.6 Å². The molecule has 3 aromatic rings. The minimum absolute atomic E-state index is 0.139. The number of carbonyl (C=O) groups excluding carboxylic acids is 1. The van der Waals surface area contributed by atoms with Gasteiger partial charge in [-0.3, -0.25) is 14.7 Å². The maximum absolute atomic E-state index is 12.2. The summed E-state index contributed by atoms with van der Waals surface area (Å²) < 4.78 is 5.25. The van der Waals surface area contributed by atoms with Gasteiger partial charge in [0.05, 0.1) is 12.6 Å². The minimum Gasteiger partial charge on any atom is -0.338 e. The van der Waals surface area contributed by atoms with E-state index in [1.165, 1.54) is 11.3 Å². The number of likely N-dealkylation sites (N-methyl/N-ethyl adjacent to an activating group) is 1. The standard InChI is InChI=1S/C15H16N6O2S/c1-10(14(22)19-15-17-6-7-24-15)21(2)9-12-18-13(20-23-12)11-4-3-5-16-8-11/h3-8,10H,9H2,1-2H3,(H,17,19,22)/t10-/m1/s1. The predicted octanol–water partition coefficient (Wildman–Crippen LogP) is 2.05. The quantitative estimate of drug-likeness (QED) is 0.731. The van der Waals surface area contributed by atoms with Crippen LogP contribution in [-0.4, -0.2) is 44.0 Å². The van der Waals surface area contributed by atoms with Crippen LogP contribution >= 0.6 is 11.3 Å². The minimum atomic E-state index is -0.373. The Morgan fingerprint density at radius 3 is 3.04 bits per heavy atom. The summed E-state index contributed by atoms with van der Waals surface area (Å²) in [6.45, 7) is 2.17. The third kappa shape index (κ3) is 3.81. The second kappa shape index (κ2) is 7.28. The van der Waals surface area contributed by atoms with E-state index in [-0.39, 0.29) is 11.9 Å². The normalized spacial score (nSPS) is 12.3. The van der Waals surface area contributed by atoms with Crippen molar-refractivity contribution in [3.05, 3.63) is 42.0 Å². The Balaban J connectivity index is 1.61. The van der Waals surface area contributed by atoms with Gasteiger partial charge in [-0.15, -0.1) is 11.3 Å². The van der Waals surface area contributed by atoms with Crippen LogP contribution in [0.4, 0.5) is 5.13 Å². The maximum Gasteiger partial charge on any atom is 0.243 e. The molecule has 3 heterocycles. The Kier molecular flexibility index (Phi) is 4.92. The molecule has 1 atom stereocenters. The summed E-state index contributed by atoms with van der Waals surface area (Å²) in [6, 6.07) is 3.29. The fraction of sp³-hybridized carbons (Fsp3) is 0.267. The van der Waals surface area contributed by atoms with E-state index in [0.29, 0.717) is 23.4 Å². The summed E-state index contributed by atoms with van der Waals surface area (Å²) in [7, 11) is 1.82. The molecule has 0 saturated heterocycles. The number of nitrogens with zero attached hydrogens (tertiary/aromatic N) is 5. The molecule has 0 radical (unpaired) electrons. The molecule has 0 bridgehead atoms. The molecule has 1 amide bonds. The molecule has 0 saturated carbocycles. The molecule has 9 heteroatoms. The van der Waals surface area contributed by atoms with E-state index < -0.39 is 0 Å². The topological polar surface area (TPSA) is 97.0 Å². The predicted molar refractivity (Wildman–Crippen MR) is 89.2 cm³/mol. The van der Waals surface area contributed by atoms with Crippen molar-refractivity contribution in [3.8, 4) is 11.4 Å². The van der Waals surface area contributed by atoms with Gasteiger partial charge in [-0.25, -0.2) is 4.98 Å². The van der Waals surface area contributed by atoms with Crippen LogP contribution in [0.5, 0.6) is 0 Å². The van der Waals surface area contributed by atoms with Gasteiger partial charge in [-0.1, -0.05) is 5.16 Å². The smallest absolute Gasteiger partial charge is 0.243 e. The lowest BCUT2D eigenvalue weighted by molar-refractivity contribution is -0.120. The molecule has 8 nitrogen and oxygen atoms in total. The van der Waals surface area contributed by atoms with Crippen molar-refractivity contribution in [2.75, 3.05) is 12.4 Å². The van der Waals surface area contributed by atoms with Crippen molar-refractivity contribution >= 4 is 22.4 Å². The first-order chi connectivity index (χ1) is 11.6. The first-order valence-electron chi connectivity index (χ1n) is 7.27. The van der Waals surface area contributed by atoms with E-state index in [2.05, 4.69) is 25.4 Å². The van der Waals surface area contributed by atoms with E-state index in [1.807, 2.05) is 29.5 Å². The molecule has 0 fully saturated rings. The van der Waals surface area contributed by atoms with Crippen LogP contribution in [0.25, 0.3) is 11.4 Å². The number of hydrogen-bond donors (Lipinski definition) is 1. The van der Waals surface area contributed by atoms with Gasteiger partial charge < -0.3 is 9.84 Å². The lowest BCUT2D eigenvalue weighted by Crippen LogP contribution is -2.39. The molecule has 0 aliphatic carbocycles. The molecular formula is C15H16N6O2S. The van der Waals surface area contributed by atoms with E-state index in [0.717, 1.165) is 5.56 Å². The lowest BCUT2D eigenvalue weighted by atomic mass is 10.2. The number of pyridine rings is 1. The highest BCUT2D eigenvalue weighted by molar-refractivity contribution is 7.13. The van der Waals surface area contributed by atoms with Gasteiger partial charge in [0, 0.05) is 29.5 Å². The Labute approximate surface area is 142 Å². The monoisotopic (exact) mass is 344 g/mol. The van der Waals surface area contributed by atoms with Crippen LogP contribution in [0.3, 0.4) is 0 Å². The van der Waals surface area contributed by atoms with Crippen LogP contribution in [0.2, 0.25) is 0 Å². The van der Waals surface area contributed by atoms with Crippen molar-refractivity contribution < 1.29 is 9.32 Å². The van der Waals surface area contributed by atoms with Gasteiger partial charge >= 0.3 is 0 Å². The largest absolute Gasteiger partial charge is 0.338 e. The zero-order valence-electron chi connectivity index (χ0n) is 13.2. The third-order valence-electron chi connectivity index (χ3n) is 3.48. The molecule has 0 aromatic carbocycles. The second-order valence-electron chi connectivity index (χ2n) is 5.17. The van der Waals surface area contributed by atoms with Crippen molar-refractivity contribution in [2.24, 2.45) is 0 Å². The number of anilines is 1. The first kappa shape index (κ1) is 16.2. The highest BCUT2D eigenvalue weighted by Gasteiger charge is 2.21. The van der Waals surface area contributed by atoms with Gasteiger partial charge in [-0.2, -0.15) is 4.98 Å². The van der Waals surface area contributed by atoms with Crippen LogP contribution in [0, 0.1) is 0 Å². The number of nitrogens with one attached hydrogen (secondary N) is 1. The zero-order valence-corrected chi connectivity index (χ0v) is 14.0. The lowest BCUT2D eigenvalue weighted by Gasteiger charge is -2.21. The fourth-order valence-corrected chi connectivity index (χ4v) is 2.51. The van der Waals surface area contributed by atoms with Gasteiger partial charge in [0.1, 0.15) is 0 Å². The summed E-state index contributed by atoms with van der Waals surface area (Å²) in [5.41, 5.74) is 0.782. The average molecular weight is 344 g/mol. The highest BCUT2D eigenvalue weighted by atomic mass is 32.1. The van der Waals surface area contributed by atoms with Crippen LogP contribution in [0.1, 0.15) is 12.8 Å². The Hall–Kier alpha value is -2.65. The van der Waals surface area contributed by atoms with Crippen molar-refractivity contribution in [2.45, 2.75) is 19.5 Å². The van der Waals surface area contributed by atoms with Crippen LogP contribution in [-0.2, 0) is 11.3 Å². The molecule has 3 rings (SSSR count). The van der Waals surface area contributed by atoms with Crippen LogP contribution in [0.15, 0.2) is 40.6 Å². The molecular weight excluding hydrogens is 328 g/mol. The van der Waals surface area contributed by atoms with Gasteiger partial charge in [-0.05, 0) is 26.1 Å². The first-order valence-corrected chi connectivity index (χ1v) is 8.15. The summed E-state index contributed by atoms with van der Waals surface area (Å²) in [4.78, 5) is 26.4. The Morgan fingerprint density at radius 1 is 1.46 bits per heavy atom. The summed E-state index contributed by atoms with van der Waals surface area (Å²) in [5, 5.41) is 9.10. The number of amides is 1. The number of carbonyl (C=O) groups is 1. The Morgan fingerprint density at radius 2 is 2.33 bits per heavy atom. The molecule has 0 spiro atoms. The zero-order chi connectivity index (χ0) is 16.9. The van der Waals surface area contributed by atoms with E-state index >= 15 is 0 Å². The van der Waals surface area contributed by atoms with Gasteiger partial charge in [0.25, 0.3) is 0 Å². The SMILES string of the molecule is C[C@H](C(=O)Nc1nccs1)N(C)Cc1nc(-c2cccnc2)no1. The molecule has 24 heavy (non-hydrogen) atoms. The second-order valence-corrected chi connectivity index (χ2v) is 6.07. The molecule has 0 unspecified atom stereocenters. The fourth-order valence-electron chi connectivity index (χ4n) is 1.98. The highest BCUT2D eigenvalue weighted by Crippen LogP contribution is 2.16. The number of rotatable bonds is 6. The maximum atomic E-state index is 12.2. The van der Waals surface area contributed by atoms with E-state index in [9.17, 15) is 4.79 Å². The number of thiazole rings is 1. The van der Waals surface area contributed by atoms with Gasteiger partial charge in [0.15, 0.2) is 5.13 Å². The number of aromatic nitrogens is 4. The van der Waals surface area contributed by atoms with Crippen molar-refractivity contribution in [3.63, 3.8) is 0 Å². The van der Waals surface area contributed by atoms with Crippen LogP contribution < -0.4 is 5.32 Å². The summed E-state index contributed by atoms with van der Waals surface area (Å²) in [6.07, 6.45) is 5.00. The molecule has 3 aromatic heterocycles.